The number of hydrazone groups is 1. The van der Waals surface area contributed by atoms with Crippen LogP contribution in [0.15, 0.2) is 29.4 Å². The molecular weight excluding hydrogens is 234 g/mol. The lowest BCUT2D eigenvalue weighted by Crippen LogP contribution is -1.89. The molecule has 4 heteroatoms. The molecule has 0 spiro atoms. The van der Waals surface area contributed by atoms with Gasteiger partial charge in [-0.1, -0.05) is 6.42 Å². The molecule has 0 amide bonds. The number of nitrogens with zero attached hydrogens (tertiary/aromatic N) is 2. The number of anilines is 1. The molecule has 0 unspecified atom stereocenters. The summed E-state index contributed by atoms with van der Waals surface area (Å²) < 4.78 is 0. The van der Waals surface area contributed by atoms with Crippen molar-refractivity contribution in [3.63, 3.8) is 0 Å². The molecule has 90 valence electrons. The molecule has 1 rings (SSSR count). The van der Waals surface area contributed by atoms with Crippen LogP contribution in [0.2, 0.25) is 0 Å². The number of nitrogens with one attached hydrogen (secondary N) is 1. The summed E-state index contributed by atoms with van der Waals surface area (Å²) in [5, 5.41) is 12.7. The zero-order valence-corrected chi connectivity index (χ0v) is 10.5. The van der Waals surface area contributed by atoms with E-state index in [0.717, 1.165) is 37.3 Å². The number of benzene rings is 1. The van der Waals surface area contributed by atoms with Crippen LogP contribution >= 0.6 is 11.6 Å². The fourth-order valence-electron chi connectivity index (χ4n) is 1.31. The molecule has 0 radical (unpaired) electrons. The van der Waals surface area contributed by atoms with Crippen molar-refractivity contribution in [3.8, 4) is 6.07 Å². The predicted octanol–water partition coefficient (Wildman–Crippen LogP) is 3.76. The van der Waals surface area contributed by atoms with E-state index in [0.29, 0.717) is 5.56 Å². The van der Waals surface area contributed by atoms with Gasteiger partial charge in [-0.15, -0.1) is 11.6 Å². The Bertz CT molecular complexity index is 379. The Kier molecular flexibility index (Phi) is 6.85. The van der Waals surface area contributed by atoms with Crippen LogP contribution in [0.1, 0.15) is 31.2 Å². The summed E-state index contributed by atoms with van der Waals surface area (Å²) in [5.74, 6) is 0.737. The minimum Gasteiger partial charge on any atom is -0.279 e. The highest BCUT2D eigenvalue weighted by molar-refractivity contribution is 6.17. The number of unbranched alkanes of at least 4 members (excludes halogenated alkanes) is 3. The molecule has 1 aromatic rings. The highest BCUT2D eigenvalue weighted by atomic mass is 35.5. The lowest BCUT2D eigenvalue weighted by atomic mass is 10.2. The zero-order valence-electron chi connectivity index (χ0n) is 9.69. The van der Waals surface area contributed by atoms with Gasteiger partial charge in [0.2, 0.25) is 0 Å². The van der Waals surface area contributed by atoms with E-state index in [9.17, 15) is 0 Å². The summed E-state index contributed by atoms with van der Waals surface area (Å²) in [6.07, 6.45) is 6.16. The molecule has 0 aliphatic rings. The molecular formula is C13H16ClN3. The first kappa shape index (κ1) is 13.5. The Morgan fingerprint density at radius 2 is 2.00 bits per heavy atom. The molecule has 0 atom stereocenters. The van der Waals surface area contributed by atoms with Crippen molar-refractivity contribution >= 4 is 23.5 Å². The van der Waals surface area contributed by atoms with Crippen LogP contribution in [0, 0.1) is 11.3 Å². The highest BCUT2D eigenvalue weighted by Gasteiger charge is 1.90. The average Bonchev–Trinajstić information content (AvgIpc) is 2.38. The van der Waals surface area contributed by atoms with Crippen LogP contribution in [-0.4, -0.2) is 12.1 Å². The molecule has 0 fully saturated rings. The van der Waals surface area contributed by atoms with Crippen molar-refractivity contribution in [1.29, 1.82) is 5.26 Å². The highest BCUT2D eigenvalue weighted by Crippen LogP contribution is 2.08. The Morgan fingerprint density at radius 1 is 1.24 bits per heavy atom. The van der Waals surface area contributed by atoms with Gasteiger partial charge >= 0.3 is 0 Å². The average molecular weight is 250 g/mol. The van der Waals surface area contributed by atoms with E-state index in [4.69, 9.17) is 16.9 Å². The number of alkyl halides is 1. The number of hydrogen-bond acceptors (Lipinski definition) is 3. The second-order valence-corrected chi connectivity index (χ2v) is 4.03. The topological polar surface area (TPSA) is 48.2 Å². The number of halogens is 1. The molecule has 0 saturated heterocycles. The maximum absolute atomic E-state index is 8.64. The third-order valence-electron chi connectivity index (χ3n) is 2.27. The smallest absolute Gasteiger partial charge is 0.0991 e. The van der Waals surface area contributed by atoms with Crippen molar-refractivity contribution in [2.75, 3.05) is 11.3 Å². The summed E-state index contributed by atoms with van der Waals surface area (Å²) in [6.45, 7) is 0. The Balaban J connectivity index is 2.21. The van der Waals surface area contributed by atoms with Crippen molar-refractivity contribution < 1.29 is 0 Å². The molecule has 3 nitrogen and oxygen atoms in total. The largest absolute Gasteiger partial charge is 0.279 e. The van der Waals surface area contributed by atoms with E-state index in [2.05, 4.69) is 16.6 Å². The second-order valence-electron chi connectivity index (χ2n) is 3.65. The molecule has 1 N–H and O–H groups in total. The third-order valence-corrected chi connectivity index (χ3v) is 2.53. The van der Waals surface area contributed by atoms with Gasteiger partial charge in [0.1, 0.15) is 0 Å². The normalized spacial score (nSPS) is 10.4. The summed E-state index contributed by atoms with van der Waals surface area (Å²) >= 11 is 5.58. The fraction of sp³-hybridized carbons (Fsp3) is 0.385. The van der Waals surface area contributed by atoms with Crippen molar-refractivity contribution in [2.45, 2.75) is 25.7 Å². The Morgan fingerprint density at radius 3 is 2.65 bits per heavy atom. The van der Waals surface area contributed by atoms with Gasteiger partial charge in [0.15, 0.2) is 0 Å². The van der Waals surface area contributed by atoms with Crippen LogP contribution in [0.4, 0.5) is 5.69 Å². The SMILES string of the molecule is N#Cc1ccc(NN=CCCCCCCl)cc1. The lowest BCUT2D eigenvalue weighted by molar-refractivity contribution is 0.749. The van der Waals surface area contributed by atoms with Gasteiger partial charge in [-0.25, -0.2) is 0 Å². The van der Waals surface area contributed by atoms with Crippen molar-refractivity contribution in [1.82, 2.24) is 0 Å². The van der Waals surface area contributed by atoms with Gasteiger partial charge in [0.05, 0.1) is 17.3 Å². The molecule has 0 bridgehead atoms. The van der Waals surface area contributed by atoms with Crippen LogP contribution in [0.3, 0.4) is 0 Å². The van der Waals surface area contributed by atoms with Gasteiger partial charge < -0.3 is 0 Å². The van der Waals surface area contributed by atoms with E-state index in [1.165, 1.54) is 0 Å². The van der Waals surface area contributed by atoms with Gasteiger partial charge in [-0.3, -0.25) is 5.43 Å². The molecule has 0 aliphatic carbocycles. The zero-order chi connectivity index (χ0) is 12.3. The summed E-state index contributed by atoms with van der Waals surface area (Å²) in [5.41, 5.74) is 4.46. The first-order valence-electron chi connectivity index (χ1n) is 5.70. The monoisotopic (exact) mass is 249 g/mol. The second kappa shape index (κ2) is 8.60. The van der Waals surface area contributed by atoms with Crippen LogP contribution in [0.5, 0.6) is 0 Å². The summed E-state index contributed by atoms with van der Waals surface area (Å²) in [4.78, 5) is 0. The third kappa shape index (κ3) is 5.94. The molecule has 0 aromatic heterocycles. The number of rotatable bonds is 7. The first-order chi connectivity index (χ1) is 8.36. The minimum atomic E-state index is 0.653. The maximum atomic E-state index is 8.64. The van der Waals surface area contributed by atoms with E-state index in [1.54, 1.807) is 12.1 Å². The number of hydrogen-bond donors (Lipinski definition) is 1. The minimum absolute atomic E-state index is 0.653. The summed E-state index contributed by atoms with van der Waals surface area (Å²) in [7, 11) is 0. The Hall–Kier alpha value is -1.53. The van der Waals surface area contributed by atoms with E-state index in [-0.39, 0.29) is 0 Å². The van der Waals surface area contributed by atoms with E-state index >= 15 is 0 Å². The molecule has 1 aromatic carbocycles. The molecule has 0 aliphatic heterocycles. The van der Waals surface area contributed by atoms with Crippen molar-refractivity contribution in [3.05, 3.63) is 29.8 Å². The van der Waals surface area contributed by atoms with Crippen molar-refractivity contribution in [2.24, 2.45) is 5.10 Å². The van der Waals surface area contributed by atoms with E-state index in [1.807, 2.05) is 18.3 Å². The fourth-order valence-corrected chi connectivity index (χ4v) is 1.50. The standard InChI is InChI=1S/C13H16ClN3/c14-9-3-1-2-4-10-16-17-13-7-5-12(11-15)6-8-13/h5-8,10,17H,1-4,9H2. The van der Waals surface area contributed by atoms with Gasteiger partial charge in [0, 0.05) is 12.1 Å². The quantitative estimate of drug-likeness (QED) is 0.346. The molecule has 0 saturated carbocycles. The molecule has 0 heterocycles. The van der Waals surface area contributed by atoms with Crippen LogP contribution < -0.4 is 5.43 Å². The Labute approximate surface area is 107 Å². The van der Waals surface area contributed by atoms with Gasteiger partial charge in [0.25, 0.3) is 0 Å². The van der Waals surface area contributed by atoms with Gasteiger partial charge in [-0.05, 0) is 43.5 Å². The van der Waals surface area contributed by atoms with Gasteiger partial charge in [-0.2, -0.15) is 10.4 Å². The lowest BCUT2D eigenvalue weighted by Gasteiger charge is -1.99. The number of nitriles is 1. The summed E-state index contributed by atoms with van der Waals surface area (Å²) in [6, 6.07) is 9.27. The molecule has 17 heavy (non-hydrogen) atoms. The predicted molar refractivity (Wildman–Crippen MR) is 72.5 cm³/mol. The first-order valence-corrected chi connectivity index (χ1v) is 6.24. The van der Waals surface area contributed by atoms with Crippen LogP contribution in [0.25, 0.3) is 0 Å². The van der Waals surface area contributed by atoms with E-state index < -0.39 is 0 Å². The maximum Gasteiger partial charge on any atom is 0.0991 e. The van der Waals surface area contributed by atoms with Crippen LogP contribution in [-0.2, 0) is 0 Å².